The van der Waals surface area contributed by atoms with Gasteiger partial charge in [-0.15, -0.1) is 0 Å². The highest BCUT2D eigenvalue weighted by Crippen LogP contribution is 2.43. The van der Waals surface area contributed by atoms with E-state index in [1.807, 2.05) is 18.2 Å². The molecule has 5 rings (SSSR count). The van der Waals surface area contributed by atoms with Crippen molar-refractivity contribution in [2.24, 2.45) is 11.3 Å². The van der Waals surface area contributed by atoms with Gasteiger partial charge in [0.15, 0.2) is 11.5 Å². The van der Waals surface area contributed by atoms with Crippen LogP contribution in [0.5, 0.6) is 11.5 Å². The Morgan fingerprint density at radius 1 is 1.06 bits per heavy atom. The molecule has 1 saturated carbocycles. The van der Waals surface area contributed by atoms with Gasteiger partial charge in [0.1, 0.15) is 12.1 Å². The standard InChI is InChI=1S/C26H36N4O5/c1-25(2,3)19-6-8-26(9-7-19)23(32)30(24(33)27-26)16-22(31)29-12-10-28(11-13-29)15-18-4-5-20-21(14-18)35-17-34-20/h4-5,14,19H,6-13,15-17H2,1-3H3,(H,27,33). The first-order valence-corrected chi connectivity index (χ1v) is 12.7. The van der Waals surface area contributed by atoms with Crippen molar-refractivity contribution in [1.29, 1.82) is 0 Å². The fourth-order valence-electron chi connectivity index (χ4n) is 5.82. The quantitative estimate of drug-likeness (QED) is 0.661. The summed E-state index contributed by atoms with van der Waals surface area (Å²) in [7, 11) is 0. The number of nitrogens with zero attached hydrogens (tertiary/aromatic N) is 3. The monoisotopic (exact) mass is 484 g/mol. The van der Waals surface area contributed by atoms with Crippen LogP contribution in [-0.4, -0.2) is 77.6 Å². The van der Waals surface area contributed by atoms with E-state index in [0.29, 0.717) is 31.8 Å². The highest BCUT2D eigenvalue weighted by molar-refractivity contribution is 6.09. The molecule has 4 aliphatic rings. The number of carbonyl (C=O) groups excluding carboxylic acids is 3. The zero-order valence-electron chi connectivity index (χ0n) is 21.0. The number of hydrogen-bond acceptors (Lipinski definition) is 6. The van der Waals surface area contributed by atoms with Gasteiger partial charge >= 0.3 is 6.03 Å². The van der Waals surface area contributed by atoms with Gasteiger partial charge < -0.3 is 19.7 Å². The average Bonchev–Trinajstić information content (AvgIpc) is 3.37. The van der Waals surface area contributed by atoms with E-state index >= 15 is 0 Å². The van der Waals surface area contributed by atoms with Crippen LogP contribution in [0.25, 0.3) is 0 Å². The van der Waals surface area contributed by atoms with E-state index < -0.39 is 11.6 Å². The van der Waals surface area contributed by atoms with Crippen molar-refractivity contribution in [3.63, 3.8) is 0 Å². The van der Waals surface area contributed by atoms with E-state index in [9.17, 15) is 14.4 Å². The van der Waals surface area contributed by atoms with Crippen molar-refractivity contribution in [3.05, 3.63) is 23.8 Å². The van der Waals surface area contributed by atoms with Gasteiger partial charge in [0.2, 0.25) is 12.7 Å². The number of carbonyl (C=O) groups is 3. The molecule has 3 heterocycles. The molecule has 1 aromatic carbocycles. The Kier molecular flexibility index (Phi) is 6.15. The molecule has 1 spiro atoms. The van der Waals surface area contributed by atoms with E-state index in [1.165, 1.54) is 0 Å². The summed E-state index contributed by atoms with van der Waals surface area (Å²) >= 11 is 0. The fraction of sp³-hybridized carbons (Fsp3) is 0.654. The fourth-order valence-corrected chi connectivity index (χ4v) is 5.82. The Labute approximate surface area is 206 Å². The molecule has 1 N–H and O–H groups in total. The number of hydrogen-bond donors (Lipinski definition) is 1. The summed E-state index contributed by atoms with van der Waals surface area (Å²) < 4.78 is 10.8. The van der Waals surface area contributed by atoms with E-state index in [4.69, 9.17) is 9.47 Å². The first-order chi connectivity index (χ1) is 16.6. The summed E-state index contributed by atoms with van der Waals surface area (Å²) in [6.07, 6.45) is 3.09. The molecule has 1 aliphatic carbocycles. The summed E-state index contributed by atoms with van der Waals surface area (Å²) in [4.78, 5) is 44.1. The Morgan fingerprint density at radius 3 is 2.43 bits per heavy atom. The van der Waals surface area contributed by atoms with Crippen LogP contribution in [0.15, 0.2) is 18.2 Å². The number of benzene rings is 1. The van der Waals surface area contributed by atoms with Crippen LogP contribution in [-0.2, 0) is 16.1 Å². The van der Waals surface area contributed by atoms with Crippen LogP contribution in [0.4, 0.5) is 4.79 Å². The molecule has 9 heteroatoms. The van der Waals surface area contributed by atoms with Gasteiger partial charge in [-0.3, -0.25) is 19.4 Å². The zero-order chi connectivity index (χ0) is 24.8. The second-order valence-electron chi connectivity index (χ2n) is 11.4. The molecule has 3 fully saturated rings. The normalized spacial score (nSPS) is 27.0. The lowest BCUT2D eigenvalue weighted by molar-refractivity contribution is -0.140. The largest absolute Gasteiger partial charge is 0.454 e. The number of urea groups is 1. The highest BCUT2D eigenvalue weighted by atomic mass is 16.7. The Balaban J connectivity index is 1.12. The topological polar surface area (TPSA) is 91.4 Å². The van der Waals surface area contributed by atoms with E-state index in [2.05, 4.69) is 31.0 Å². The molecular weight excluding hydrogens is 448 g/mol. The van der Waals surface area contributed by atoms with Crippen molar-refractivity contribution in [2.45, 2.75) is 58.5 Å². The van der Waals surface area contributed by atoms with Crippen LogP contribution in [0.1, 0.15) is 52.0 Å². The number of ether oxygens (including phenoxy) is 2. The number of fused-ring (bicyclic) bond motifs is 1. The molecule has 9 nitrogen and oxygen atoms in total. The molecule has 2 saturated heterocycles. The molecule has 0 radical (unpaired) electrons. The van der Waals surface area contributed by atoms with Crippen LogP contribution >= 0.6 is 0 Å². The van der Waals surface area contributed by atoms with Crippen molar-refractivity contribution in [1.82, 2.24) is 20.0 Å². The molecular formula is C26H36N4O5. The second-order valence-corrected chi connectivity index (χ2v) is 11.4. The van der Waals surface area contributed by atoms with E-state index in [1.54, 1.807) is 4.90 Å². The maximum Gasteiger partial charge on any atom is 0.325 e. The molecule has 190 valence electrons. The maximum atomic E-state index is 13.2. The summed E-state index contributed by atoms with van der Waals surface area (Å²) in [5.41, 5.74) is 0.496. The minimum atomic E-state index is -0.831. The minimum Gasteiger partial charge on any atom is -0.454 e. The van der Waals surface area contributed by atoms with Crippen molar-refractivity contribution in [2.75, 3.05) is 39.5 Å². The van der Waals surface area contributed by atoms with Gasteiger partial charge in [-0.2, -0.15) is 0 Å². The third-order valence-electron chi connectivity index (χ3n) is 8.17. The molecule has 35 heavy (non-hydrogen) atoms. The van der Waals surface area contributed by atoms with Gasteiger partial charge in [0, 0.05) is 32.7 Å². The van der Waals surface area contributed by atoms with Gasteiger partial charge in [-0.05, 0) is 54.7 Å². The predicted octanol–water partition coefficient (Wildman–Crippen LogP) is 2.59. The Morgan fingerprint density at radius 2 is 1.74 bits per heavy atom. The number of rotatable bonds is 4. The van der Waals surface area contributed by atoms with Crippen LogP contribution < -0.4 is 14.8 Å². The number of piperazine rings is 1. The SMILES string of the molecule is CC(C)(C)C1CCC2(CC1)NC(=O)N(CC(=O)N1CCN(Cc3ccc4c(c3)OCO4)CC1)C2=O. The highest BCUT2D eigenvalue weighted by Gasteiger charge is 2.53. The van der Waals surface area contributed by atoms with Crippen LogP contribution in [0, 0.1) is 11.3 Å². The third kappa shape index (κ3) is 4.70. The molecule has 0 unspecified atom stereocenters. The summed E-state index contributed by atoms with van der Waals surface area (Å²) in [5.74, 6) is 1.67. The Hall–Kier alpha value is -2.81. The first-order valence-electron chi connectivity index (χ1n) is 12.7. The van der Waals surface area contributed by atoms with Gasteiger partial charge in [0.05, 0.1) is 0 Å². The predicted molar refractivity (Wildman–Crippen MR) is 129 cm³/mol. The lowest BCUT2D eigenvalue weighted by Gasteiger charge is -2.40. The Bertz CT molecular complexity index is 1000. The molecule has 0 aromatic heterocycles. The molecule has 4 amide bonds. The lowest BCUT2D eigenvalue weighted by atomic mass is 9.67. The van der Waals surface area contributed by atoms with E-state index in [-0.39, 0.29) is 30.6 Å². The first kappa shape index (κ1) is 23.9. The van der Waals surface area contributed by atoms with Gasteiger partial charge in [-0.1, -0.05) is 26.8 Å². The number of nitrogens with one attached hydrogen (secondary N) is 1. The molecule has 0 bridgehead atoms. The molecule has 0 atom stereocenters. The lowest BCUT2D eigenvalue weighted by Crippen LogP contribution is -2.52. The maximum absolute atomic E-state index is 13.2. The van der Waals surface area contributed by atoms with E-state index in [0.717, 1.165) is 54.4 Å². The number of amides is 4. The minimum absolute atomic E-state index is 0.170. The third-order valence-corrected chi connectivity index (χ3v) is 8.17. The second kappa shape index (κ2) is 9.00. The smallest absolute Gasteiger partial charge is 0.325 e. The van der Waals surface area contributed by atoms with Gasteiger partial charge in [-0.25, -0.2) is 4.79 Å². The van der Waals surface area contributed by atoms with Crippen LogP contribution in [0.3, 0.4) is 0 Å². The molecule has 3 aliphatic heterocycles. The zero-order valence-corrected chi connectivity index (χ0v) is 21.0. The summed E-state index contributed by atoms with van der Waals surface area (Å²) in [6, 6.07) is 5.53. The van der Waals surface area contributed by atoms with Crippen molar-refractivity contribution < 1.29 is 23.9 Å². The van der Waals surface area contributed by atoms with Crippen LogP contribution in [0.2, 0.25) is 0 Å². The number of imide groups is 1. The van der Waals surface area contributed by atoms with Gasteiger partial charge in [0.25, 0.3) is 5.91 Å². The van der Waals surface area contributed by atoms with Crippen molar-refractivity contribution in [3.8, 4) is 11.5 Å². The molecule has 1 aromatic rings. The summed E-state index contributed by atoms with van der Waals surface area (Å²) in [6.45, 7) is 10.1. The van der Waals surface area contributed by atoms with Crippen molar-refractivity contribution >= 4 is 17.8 Å². The average molecular weight is 485 g/mol. The summed E-state index contributed by atoms with van der Waals surface area (Å²) in [5, 5.41) is 2.94.